The number of likely N-dealkylation sites (tertiary alicyclic amines) is 1. The van der Waals surface area contributed by atoms with Crippen LogP contribution in [-0.2, 0) is 9.53 Å². The van der Waals surface area contributed by atoms with Gasteiger partial charge in [-0.15, -0.1) is 6.42 Å². The van der Waals surface area contributed by atoms with Crippen LogP contribution in [0.1, 0.15) is 53.2 Å². The molecule has 0 bridgehead atoms. The number of carbonyl (C=O) groups is 2. The Balaban J connectivity index is 1.32. The van der Waals surface area contributed by atoms with E-state index < -0.39 is 29.5 Å². The molecule has 1 spiro atoms. The average molecular weight is 436 g/mol. The molecule has 32 heavy (non-hydrogen) atoms. The molecule has 3 saturated heterocycles. The number of ether oxygens (including phenoxy) is 1. The van der Waals surface area contributed by atoms with Crippen LogP contribution in [0, 0.1) is 24.0 Å². The Morgan fingerprint density at radius 2 is 1.78 bits per heavy atom. The second-order valence-electron chi connectivity index (χ2n) is 8.56. The highest BCUT2D eigenvalue weighted by Gasteiger charge is 2.58. The van der Waals surface area contributed by atoms with Crippen molar-refractivity contribution < 1.29 is 23.1 Å². The van der Waals surface area contributed by atoms with Crippen LogP contribution in [-0.4, -0.2) is 46.5 Å². The van der Waals surface area contributed by atoms with Gasteiger partial charge in [-0.1, -0.05) is 18.1 Å². The lowest BCUT2D eigenvalue weighted by molar-refractivity contribution is -0.142. The van der Waals surface area contributed by atoms with Crippen molar-refractivity contribution in [2.45, 2.75) is 43.6 Å². The molecule has 0 N–H and O–H groups in total. The van der Waals surface area contributed by atoms with Gasteiger partial charge >= 0.3 is 0 Å². The molecule has 3 aliphatic heterocycles. The Bertz CT molecular complexity index is 1110. The molecule has 2 amide bonds. The van der Waals surface area contributed by atoms with E-state index in [0.29, 0.717) is 55.5 Å². The van der Waals surface area contributed by atoms with Gasteiger partial charge in [0.05, 0.1) is 11.6 Å². The number of rotatable bonds is 2. The summed E-state index contributed by atoms with van der Waals surface area (Å²) in [5.41, 5.74) is 0.449. The first-order valence-electron chi connectivity index (χ1n) is 10.7. The summed E-state index contributed by atoms with van der Waals surface area (Å²) in [4.78, 5) is 29.8. The second-order valence-corrected chi connectivity index (χ2v) is 8.56. The smallest absolute Gasteiger partial charge is 0.257 e. The SMILES string of the molecule is C#Cc1ccccc1C(=O)N1CCC2(CC1)OC1CCC(c3cc(F)cc(F)c3)N1C2=O. The molecular weight excluding hydrogens is 414 g/mol. The number of hydrogen-bond donors (Lipinski definition) is 0. The number of nitrogens with zero attached hydrogens (tertiary/aromatic N) is 2. The van der Waals surface area contributed by atoms with Crippen molar-refractivity contribution in [1.29, 1.82) is 0 Å². The lowest BCUT2D eigenvalue weighted by Gasteiger charge is -2.37. The summed E-state index contributed by atoms with van der Waals surface area (Å²) < 4.78 is 33.8. The van der Waals surface area contributed by atoms with Crippen molar-refractivity contribution in [3.05, 3.63) is 70.8 Å². The van der Waals surface area contributed by atoms with E-state index in [-0.39, 0.29) is 11.8 Å². The lowest BCUT2D eigenvalue weighted by Crippen LogP contribution is -2.51. The van der Waals surface area contributed by atoms with Gasteiger partial charge in [0.25, 0.3) is 11.8 Å². The van der Waals surface area contributed by atoms with E-state index in [0.717, 1.165) is 6.07 Å². The van der Waals surface area contributed by atoms with Crippen LogP contribution in [0.5, 0.6) is 0 Å². The van der Waals surface area contributed by atoms with E-state index >= 15 is 0 Å². The van der Waals surface area contributed by atoms with Crippen molar-refractivity contribution in [2.75, 3.05) is 13.1 Å². The number of hydrogen-bond acceptors (Lipinski definition) is 3. The monoisotopic (exact) mass is 436 g/mol. The molecule has 3 aliphatic rings. The first-order valence-corrected chi connectivity index (χ1v) is 10.7. The Hall–Kier alpha value is -3.24. The number of carbonyl (C=O) groups excluding carboxylic acids is 2. The molecule has 0 saturated carbocycles. The highest BCUT2D eigenvalue weighted by molar-refractivity contribution is 5.97. The zero-order valence-electron chi connectivity index (χ0n) is 17.4. The van der Waals surface area contributed by atoms with Crippen LogP contribution < -0.4 is 0 Å². The minimum Gasteiger partial charge on any atom is -0.342 e. The summed E-state index contributed by atoms with van der Waals surface area (Å²) in [5.74, 6) is 0.894. The number of fused-ring (bicyclic) bond motifs is 1. The van der Waals surface area contributed by atoms with Crippen molar-refractivity contribution in [1.82, 2.24) is 9.80 Å². The number of piperidine rings is 1. The minimum absolute atomic E-state index is 0.160. The molecule has 2 aromatic rings. The van der Waals surface area contributed by atoms with Crippen LogP contribution >= 0.6 is 0 Å². The summed E-state index contributed by atoms with van der Waals surface area (Å²) in [7, 11) is 0. The molecule has 5 nitrogen and oxygen atoms in total. The first kappa shape index (κ1) is 20.7. The second kappa shape index (κ2) is 7.72. The van der Waals surface area contributed by atoms with Crippen molar-refractivity contribution in [3.63, 3.8) is 0 Å². The number of benzene rings is 2. The standard InChI is InChI=1S/C25H22F2N2O3/c1-2-16-5-3-4-6-20(16)23(30)28-11-9-25(10-12-28)24(31)29-21(7-8-22(29)32-25)17-13-18(26)15-19(27)14-17/h1,3-6,13-15,21-22H,7-12H2. The van der Waals surface area contributed by atoms with Crippen molar-refractivity contribution >= 4 is 11.8 Å². The van der Waals surface area contributed by atoms with E-state index in [1.165, 1.54) is 12.1 Å². The number of halogens is 2. The van der Waals surface area contributed by atoms with Gasteiger partial charge in [0, 0.05) is 37.6 Å². The van der Waals surface area contributed by atoms with Gasteiger partial charge in [-0.05, 0) is 42.7 Å². The van der Waals surface area contributed by atoms with Crippen LogP contribution in [0.25, 0.3) is 0 Å². The summed E-state index contributed by atoms with van der Waals surface area (Å²) in [6.45, 7) is 0.729. The number of amides is 2. The molecule has 2 atom stereocenters. The third-order valence-corrected chi connectivity index (χ3v) is 6.76. The zero-order chi connectivity index (χ0) is 22.5. The Kier molecular flexibility index (Phi) is 4.98. The molecule has 2 aromatic carbocycles. The number of terminal acetylenes is 1. The van der Waals surface area contributed by atoms with Gasteiger partial charge in [0.15, 0.2) is 5.60 Å². The summed E-state index contributed by atoms with van der Waals surface area (Å²) in [5, 5.41) is 0. The average Bonchev–Trinajstić information content (AvgIpc) is 3.31. The van der Waals surface area contributed by atoms with Gasteiger partial charge < -0.3 is 14.5 Å². The predicted octanol–water partition coefficient (Wildman–Crippen LogP) is 3.64. The molecule has 0 aliphatic carbocycles. The summed E-state index contributed by atoms with van der Waals surface area (Å²) >= 11 is 0. The minimum atomic E-state index is -1.00. The normalized spacial score (nSPS) is 24.0. The quantitative estimate of drug-likeness (QED) is 0.676. The van der Waals surface area contributed by atoms with Crippen molar-refractivity contribution in [2.24, 2.45) is 0 Å². The highest BCUT2D eigenvalue weighted by atomic mass is 19.1. The highest BCUT2D eigenvalue weighted by Crippen LogP contribution is 2.47. The largest absolute Gasteiger partial charge is 0.342 e. The fraction of sp³-hybridized carbons (Fsp3) is 0.360. The summed E-state index contributed by atoms with van der Waals surface area (Å²) in [6.07, 6.45) is 7.04. The molecule has 2 unspecified atom stereocenters. The lowest BCUT2D eigenvalue weighted by atomic mass is 9.89. The van der Waals surface area contributed by atoms with Crippen LogP contribution in [0.4, 0.5) is 8.78 Å². The van der Waals surface area contributed by atoms with Gasteiger partial charge in [0.2, 0.25) is 0 Å². The van der Waals surface area contributed by atoms with Gasteiger partial charge in [0.1, 0.15) is 17.9 Å². The predicted molar refractivity (Wildman–Crippen MR) is 112 cm³/mol. The maximum Gasteiger partial charge on any atom is 0.257 e. The van der Waals surface area contributed by atoms with Gasteiger partial charge in [-0.25, -0.2) is 8.78 Å². The third kappa shape index (κ3) is 3.26. The molecule has 5 rings (SSSR count). The summed E-state index contributed by atoms with van der Waals surface area (Å²) in [6, 6.07) is 9.95. The van der Waals surface area contributed by atoms with Crippen molar-refractivity contribution in [3.8, 4) is 12.3 Å². The fourth-order valence-corrected chi connectivity index (χ4v) is 5.18. The molecule has 164 valence electrons. The van der Waals surface area contributed by atoms with E-state index in [4.69, 9.17) is 11.2 Å². The van der Waals surface area contributed by atoms with Crippen LogP contribution in [0.3, 0.4) is 0 Å². The van der Waals surface area contributed by atoms with Gasteiger partial charge in [-0.2, -0.15) is 0 Å². The van der Waals surface area contributed by atoms with E-state index in [2.05, 4.69) is 5.92 Å². The first-order chi connectivity index (χ1) is 15.4. The third-order valence-electron chi connectivity index (χ3n) is 6.76. The Morgan fingerprint density at radius 1 is 1.09 bits per heavy atom. The maximum atomic E-state index is 13.8. The van der Waals surface area contributed by atoms with Crippen LogP contribution in [0.15, 0.2) is 42.5 Å². The molecule has 3 heterocycles. The van der Waals surface area contributed by atoms with Gasteiger partial charge in [-0.3, -0.25) is 9.59 Å². The maximum absolute atomic E-state index is 13.8. The molecular formula is C25H22F2N2O3. The Labute approximate surface area is 185 Å². The van der Waals surface area contributed by atoms with E-state index in [9.17, 15) is 18.4 Å². The topological polar surface area (TPSA) is 49.9 Å². The fourth-order valence-electron chi connectivity index (χ4n) is 5.18. The molecule has 0 radical (unpaired) electrons. The Morgan fingerprint density at radius 3 is 2.47 bits per heavy atom. The van der Waals surface area contributed by atoms with Crippen LogP contribution in [0.2, 0.25) is 0 Å². The zero-order valence-corrected chi connectivity index (χ0v) is 17.4. The van der Waals surface area contributed by atoms with E-state index in [1.807, 2.05) is 0 Å². The molecule has 3 fully saturated rings. The molecule has 0 aromatic heterocycles. The molecule has 7 heteroatoms. The van der Waals surface area contributed by atoms with E-state index in [1.54, 1.807) is 34.1 Å².